The number of hydrogen-bond donors (Lipinski definition) is 1. The SMILES string of the molecule is CS(=O)(=O)c1ccc(Sc2ccc(Br)cc2CCN)cc1. The maximum Gasteiger partial charge on any atom is 0.175 e. The van der Waals surface area contributed by atoms with Gasteiger partial charge in [0.05, 0.1) is 4.90 Å². The summed E-state index contributed by atoms with van der Waals surface area (Å²) in [5, 5.41) is 0. The highest BCUT2D eigenvalue weighted by Gasteiger charge is 2.08. The molecule has 2 rings (SSSR count). The van der Waals surface area contributed by atoms with Gasteiger partial charge in [0.1, 0.15) is 0 Å². The summed E-state index contributed by atoms with van der Waals surface area (Å²) in [4.78, 5) is 2.48. The van der Waals surface area contributed by atoms with E-state index >= 15 is 0 Å². The Hall–Kier alpha value is -0.820. The molecule has 112 valence electrons. The first-order valence-electron chi connectivity index (χ1n) is 6.36. The van der Waals surface area contributed by atoms with Crippen molar-refractivity contribution in [3.8, 4) is 0 Å². The molecule has 0 aliphatic carbocycles. The Balaban J connectivity index is 2.26. The van der Waals surface area contributed by atoms with E-state index in [1.807, 2.05) is 24.3 Å². The summed E-state index contributed by atoms with van der Waals surface area (Å²) in [6.45, 7) is 0.594. The van der Waals surface area contributed by atoms with Crippen molar-refractivity contribution in [3.05, 3.63) is 52.5 Å². The highest BCUT2D eigenvalue weighted by Crippen LogP contribution is 2.32. The van der Waals surface area contributed by atoms with Crippen molar-refractivity contribution in [1.29, 1.82) is 0 Å². The zero-order chi connectivity index (χ0) is 15.5. The van der Waals surface area contributed by atoms with Crippen LogP contribution in [0.25, 0.3) is 0 Å². The second kappa shape index (κ2) is 6.96. The van der Waals surface area contributed by atoms with Crippen molar-refractivity contribution in [2.24, 2.45) is 5.73 Å². The van der Waals surface area contributed by atoms with E-state index in [1.54, 1.807) is 23.9 Å². The Bertz CT molecular complexity index is 728. The molecule has 0 bridgehead atoms. The Labute approximate surface area is 138 Å². The van der Waals surface area contributed by atoms with E-state index in [0.29, 0.717) is 11.4 Å². The molecule has 0 aliphatic rings. The van der Waals surface area contributed by atoms with E-state index in [9.17, 15) is 8.42 Å². The molecule has 0 spiro atoms. The average Bonchev–Trinajstić information content (AvgIpc) is 2.42. The first-order chi connectivity index (χ1) is 9.90. The zero-order valence-corrected chi connectivity index (χ0v) is 14.8. The molecule has 21 heavy (non-hydrogen) atoms. The average molecular weight is 386 g/mol. The van der Waals surface area contributed by atoms with Gasteiger partial charge in [-0.3, -0.25) is 0 Å². The third-order valence-corrected chi connectivity index (χ3v) is 5.66. The van der Waals surface area contributed by atoms with E-state index in [-0.39, 0.29) is 0 Å². The van der Waals surface area contributed by atoms with E-state index in [1.165, 1.54) is 11.8 Å². The van der Waals surface area contributed by atoms with Crippen molar-refractivity contribution >= 4 is 37.5 Å². The van der Waals surface area contributed by atoms with Gasteiger partial charge in [0.2, 0.25) is 0 Å². The van der Waals surface area contributed by atoms with Crippen LogP contribution in [0.3, 0.4) is 0 Å². The minimum atomic E-state index is -3.15. The molecule has 0 saturated heterocycles. The van der Waals surface area contributed by atoms with Crippen molar-refractivity contribution < 1.29 is 8.42 Å². The predicted octanol–water partition coefficient (Wildman–Crippen LogP) is 3.51. The molecule has 0 aromatic heterocycles. The molecule has 0 atom stereocenters. The van der Waals surface area contributed by atoms with Crippen LogP contribution in [0.2, 0.25) is 0 Å². The minimum Gasteiger partial charge on any atom is -0.330 e. The van der Waals surface area contributed by atoms with Gasteiger partial charge in [-0.25, -0.2) is 8.42 Å². The van der Waals surface area contributed by atoms with E-state index in [2.05, 4.69) is 22.0 Å². The molecular weight excluding hydrogens is 370 g/mol. The van der Waals surface area contributed by atoms with Gasteiger partial charge in [0.25, 0.3) is 0 Å². The number of rotatable bonds is 5. The normalized spacial score (nSPS) is 11.6. The van der Waals surface area contributed by atoms with Crippen molar-refractivity contribution in [3.63, 3.8) is 0 Å². The smallest absolute Gasteiger partial charge is 0.175 e. The quantitative estimate of drug-likeness (QED) is 0.855. The number of nitrogens with two attached hydrogens (primary N) is 1. The Morgan fingerprint density at radius 3 is 2.38 bits per heavy atom. The van der Waals surface area contributed by atoms with Crippen LogP contribution in [0, 0.1) is 0 Å². The molecule has 0 unspecified atom stereocenters. The lowest BCUT2D eigenvalue weighted by Gasteiger charge is -2.09. The first kappa shape index (κ1) is 16.5. The molecule has 0 radical (unpaired) electrons. The van der Waals surface area contributed by atoms with Gasteiger partial charge in [0.15, 0.2) is 9.84 Å². The van der Waals surface area contributed by atoms with Crippen LogP contribution in [0.4, 0.5) is 0 Å². The van der Waals surface area contributed by atoms with Crippen LogP contribution in [0.1, 0.15) is 5.56 Å². The summed E-state index contributed by atoms with van der Waals surface area (Å²) in [5.41, 5.74) is 6.83. The first-order valence-corrected chi connectivity index (χ1v) is 9.87. The summed E-state index contributed by atoms with van der Waals surface area (Å²) in [6, 6.07) is 13.0. The molecule has 2 N–H and O–H groups in total. The molecule has 6 heteroatoms. The highest BCUT2D eigenvalue weighted by molar-refractivity contribution is 9.10. The number of sulfone groups is 1. The summed E-state index contributed by atoms with van der Waals surface area (Å²) >= 11 is 5.08. The maximum atomic E-state index is 11.5. The van der Waals surface area contributed by atoms with Gasteiger partial charge in [-0.05, 0) is 61.0 Å². The van der Waals surface area contributed by atoms with Crippen LogP contribution in [0.15, 0.2) is 61.6 Å². The van der Waals surface area contributed by atoms with Gasteiger partial charge < -0.3 is 5.73 Å². The van der Waals surface area contributed by atoms with Crippen molar-refractivity contribution in [2.75, 3.05) is 12.8 Å². The number of benzene rings is 2. The van der Waals surface area contributed by atoms with Gasteiger partial charge in [-0.2, -0.15) is 0 Å². The molecule has 0 heterocycles. The van der Waals surface area contributed by atoms with E-state index in [4.69, 9.17) is 5.73 Å². The second-order valence-electron chi connectivity index (χ2n) is 4.64. The van der Waals surface area contributed by atoms with Gasteiger partial charge in [0, 0.05) is 20.5 Å². The third-order valence-electron chi connectivity index (χ3n) is 2.92. The Kier molecular flexibility index (Phi) is 5.48. The van der Waals surface area contributed by atoms with Crippen LogP contribution < -0.4 is 5.73 Å². The van der Waals surface area contributed by atoms with E-state index < -0.39 is 9.84 Å². The molecule has 3 nitrogen and oxygen atoms in total. The van der Waals surface area contributed by atoms with Crippen molar-refractivity contribution in [1.82, 2.24) is 0 Å². The molecular formula is C15H16BrNO2S2. The van der Waals surface area contributed by atoms with Gasteiger partial charge in [-0.15, -0.1) is 0 Å². The van der Waals surface area contributed by atoms with Crippen LogP contribution >= 0.6 is 27.7 Å². The fourth-order valence-electron chi connectivity index (χ4n) is 1.88. The minimum absolute atomic E-state index is 0.338. The van der Waals surface area contributed by atoms with Crippen LogP contribution in [-0.2, 0) is 16.3 Å². The maximum absolute atomic E-state index is 11.5. The topological polar surface area (TPSA) is 60.2 Å². The monoisotopic (exact) mass is 385 g/mol. The summed E-state index contributed by atoms with van der Waals surface area (Å²) in [5.74, 6) is 0. The summed E-state index contributed by atoms with van der Waals surface area (Å²) in [7, 11) is -3.15. The molecule has 0 aliphatic heterocycles. The second-order valence-corrected chi connectivity index (χ2v) is 8.68. The zero-order valence-electron chi connectivity index (χ0n) is 11.5. The van der Waals surface area contributed by atoms with Crippen molar-refractivity contribution in [2.45, 2.75) is 21.1 Å². The largest absolute Gasteiger partial charge is 0.330 e. The van der Waals surface area contributed by atoms with Gasteiger partial charge in [-0.1, -0.05) is 27.7 Å². The standard InChI is InChI=1S/C15H16BrNO2S2/c1-21(18,19)14-5-3-13(4-6-14)20-15-7-2-12(16)10-11(15)8-9-17/h2-7,10H,8-9,17H2,1H3. The van der Waals surface area contributed by atoms with Crippen LogP contribution in [0.5, 0.6) is 0 Å². The summed E-state index contributed by atoms with van der Waals surface area (Å²) < 4.78 is 23.9. The fourth-order valence-corrected chi connectivity index (χ4v) is 3.87. The summed E-state index contributed by atoms with van der Waals surface area (Å²) in [6.07, 6.45) is 2.02. The van der Waals surface area contributed by atoms with Gasteiger partial charge >= 0.3 is 0 Å². The lowest BCUT2D eigenvalue weighted by molar-refractivity contribution is 0.602. The molecule has 0 amide bonds. The molecule has 0 saturated carbocycles. The third kappa shape index (κ3) is 4.57. The number of halogens is 1. The highest BCUT2D eigenvalue weighted by atomic mass is 79.9. The Morgan fingerprint density at radius 1 is 1.14 bits per heavy atom. The van der Waals surface area contributed by atoms with Crippen LogP contribution in [-0.4, -0.2) is 21.2 Å². The Morgan fingerprint density at radius 2 is 1.81 bits per heavy atom. The lowest BCUT2D eigenvalue weighted by atomic mass is 10.1. The molecule has 2 aromatic rings. The fraction of sp³-hybridized carbons (Fsp3) is 0.200. The van der Waals surface area contributed by atoms with E-state index in [0.717, 1.165) is 20.7 Å². The lowest BCUT2D eigenvalue weighted by Crippen LogP contribution is -2.03. The number of hydrogen-bond acceptors (Lipinski definition) is 4. The molecule has 2 aromatic carbocycles. The predicted molar refractivity (Wildman–Crippen MR) is 90.6 cm³/mol. The molecule has 0 fully saturated rings.